The molecule has 24 heavy (non-hydrogen) atoms. The summed E-state index contributed by atoms with van der Waals surface area (Å²) in [6.07, 6.45) is 1.59. The number of ether oxygens (including phenoxy) is 3. The Morgan fingerprint density at radius 1 is 1.04 bits per heavy atom. The number of benzene rings is 1. The highest BCUT2D eigenvalue weighted by atomic mass is 16.5. The fourth-order valence-electron chi connectivity index (χ4n) is 2.15. The maximum atomic E-state index is 12.6. The monoisotopic (exact) mass is 330 g/mol. The van der Waals surface area contributed by atoms with Crippen molar-refractivity contribution in [3.8, 4) is 17.4 Å². The fraction of sp³-hybridized carbons (Fsp3) is 0.333. The molecular weight excluding hydrogens is 308 g/mol. The molecule has 0 saturated carbocycles. The van der Waals surface area contributed by atoms with Crippen LogP contribution in [0.1, 0.15) is 31.1 Å². The van der Waals surface area contributed by atoms with Crippen molar-refractivity contribution in [1.29, 1.82) is 0 Å². The van der Waals surface area contributed by atoms with Gasteiger partial charge in [0.1, 0.15) is 17.1 Å². The number of carbonyl (C=O) groups is 1. The molecule has 1 aromatic carbocycles. The largest absolute Gasteiger partial charge is 0.494 e. The van der Waals surface area contributed by atoms with Crippen molar-refractivity contribution in [2.45, 2.75) is 20.8 Å². The Morgan fingerprint density at radius 3 is 2.50 bits per heavy atom. The molecule has 0 radical (unpaired) electrons. The minimum Gasteiger partial charge on any atom is -0.494 e. The van der Waals surface area contributed by atoms with Crippen molar-refractivity contribution >= 4 is 11.6 Å². The first-order chi connectivity index (χ1) is 11.7. The molecule has 0 atom stereocenters. The zero-order valence-electron chi connectivity index (χ0n) is 14.2. The van der Waals surface area contributed by atoms with Gasteiger partial charge in [0, 0.05) is 12.3 Å². The van der Waals surface area contributed by atoms with E-state index in [1.165, 1.54) is 0 Å². The minimum absolute atomic E-state index is 0.302. The summed E-state index contributed by atoms with van der Waals surface area (Å²) in [6, 6.07) is 8.68. The van der Waals surface area contributed by atoms with Gasteiger partial charge < -0.3 is 19.5 Å². The van der Waals surface area contributed by atoms with Crippen molar-refractivity contribution in [3.05, 3.63) is 42.1 Å². The van der Waals surface area contributed by atoms with Crippen LogP contribution in [0, 0.1) is 0 Å². The van der Waals surface area contributed by atoms with E-state index in [0.717, 1.165) is 0 Å². The first-order valence-corrected chi connectivity index (χ1v) is 7.98. The lowest BCUT2D eigenvalue weighted by Crippen LogP contribution is -2.15. The average Bonchev–Trinajstić information content (AvgIpc) is 2.58. The van der Waals surface area contributed by atoms with Gasteiger partial charge >= 0.3 is 0 Å². The molecule has 1 aromatic heterocycles. The Balaban J connectivity index is 2.28. The van der Waals surface area contributed by atoms with Crippen LogP contribution in [0.15, 0.2) is 36.5 Å². The summed E-state index contributed by atoms with van der Waals surface area (Å²) in [5.41, 5.74) is 0.905. The lowest BCUT2D eigenvalue weighted by Gasteiger charge is -2.14. The zero-order chi connectivity index (χ0) is 17.4. The second kappa shape index (κ2) is 8.76. The van der Waals surface area contributed by atoms with Gasteiger partial charge in [0.25, 0.3) is 5.91 Å². The van der Waals surface area contributed by atoms with Gasteiger partial charge in [0.15, 0.2) is 0 Å². The summed E-state index contributed by atoms with van der Waals surface area (Å²) in [7, 11) is 0. The van der Waals surface area contributed by atoms with Gasteiger partial charge in [-0.1, -0.05) is 0 Å². The van der Waals surface area contributed by atoms with Crippen LogP contribution >= 0.6 is 0 Å². The third-order valence-electron chi connectivity index (χ3n) is 3.11. The van der Waals surface area contributed by atoms with E-state index in [1.54, 1.807) is 36.5 Å². The molecule has 0 unspecified atom stereocenters. The smallest absolute Gasteiger partial charge is 0.261 e. The second-order valence-corrected chi connectivity index (χ2v) is 4.77. The first kappa shape index (κ1) is 17.6. The molecule has 6 heteroatoms. The van der Waals surface area contributed by atoms with Crippen LogP contribution in [-0.2, 0) is 0 Å². The van der Waals surface area contributed by atoms with Crippen LogP contribution < -0.4 is 19.5 Å². The number of nitrogens with zero attached hydrogens (tertiary/aromatic N) is 1. The number of carbonyl (C=O) groups excluding carboxylic acids is 1. The van der Waals surface area contributed by atoms with Crippen molar-refractivity contribution in [3.63, 3.8) is 0 Å². The lowest BCUT2D eigenvalue weighted by molar-refractivity contribution is 0.102. The molecule has 2 rings (SSSR count). The molecule has 128 valence electrons. The predicted molar refractivity (Wildman–Crippen MR) is 92.1 cm³/mol. The van der Waals surface area contributed by atoms with Crippen LogP contribution in [0.3, 0.4) is 0 Å². The molecule has 1 N–H and O–H groups in total. The molecule has 0 bridgehead atoms. The third-order valence-corrected chi connectivity index (χ3v) is 3.11. The van der Waals surface area contributed by atoms with Crippen LogP contribution in [0.4, 0.5) is 5.69 Å². The van der Waals surface area contributed by atoms with E-state index in [0.29, 0.717) is 48.5 Å². The average molecular weight is 330 g/mol. The van der Waals surface area contributed by atoms with Gasteiger partial charge in [-0.05, 0) is 45.0 Å². The summed E-state index contributed by atoms with van der Waals surface area (Å²) in [5.74, 6) is 1.22. The van der Waals surface area contributed by atoms with E-state index in [9.17, 15) is 4.79 Å². The molecule has 0 spiro atoms. The third kappa shape index (κ3) is 4.38. The van der Waals surface area contributed by atoms with Crippen LogP contribution in [-0.4, -0.2) is 30.7 Å². The fourth-order valence-corrected chi connectivity index (χ4v) is 2.15. The molecule has 1 heterocycles. The zero-order valence-corrected chi connectivity index (χ0v) is 14.2. The molecule has 0 saturated heterocycles. The number of nitrogens with one attached hydrogen (secondary N) is 1. The molecule has 0 aliphatic carbocycles. The molecular formula is C18H22N2O4. The van der Waals surface area contributed by atoms with E-state index in [4.69, 9.17) is 14.2 Å². The van der Waals surface area contributed by atoms with Gasteiger partial charge in [0.2, 0.25) is 5.88 Å². The SMILES string of the molecule is CCOc1ccc(OCC)c(NC(=O)c2cccnc2OCC)c1. The van der Waals surface area contributed by atoms with E-state index in [-0.39, 0.29) is 5.91 Å². The Bertz CT molecular complexity index is 688. The molecule has 6 nitrogen and oxygen atoms in total. The summed E-state index contributed by atoms with van der Waals surface area (Å²) in [6.45, 7) is 7.10. The maximum absolute atomic E-state index is 12.6. The van der Waals surface area contributed by atoms with Gasteiger partial charge in [-0.2, -0.15) is 0 Å². The number of pyridine rings is 1. The van der Waals surface area contributed by atoms with Gasteiger partial charge in [0.05, 0.1) is 25.5 Å². The summed E-state index contributed by atoms with van der Waals surface area (Å²) >= 11 is 0. The summed E-state index contributed by atoms with van der Waals surface area (Å²) in [5, 5.41) is 2.85. The highest BCUT2D eigenvalue weighted by molar-refractivity contribution is 6.06. The van der Waals surface area contributed by atoms with E-state index >= 15 is 0 Å². The number of rotatable bonds is 8. The van der Waals surface area contributed by atoms with Crippen molar-refractivity contribution < 1.29 is 19.0 Å². The van der Waals surface area contributed by atoms with Gasteiger partial charge in [-0.15, -0.1) is 0 Å². The van der Waals surface area contributed by atoms with E-state index in [1.807, 2.05) is 20.8 Å². The van der Waals surface area contributed by atoms with Crippen molar-refractivity contribution in [2.24, 2.45) is 0 Å². The van der Waals surface area contributed by atoms with Crippen LogP contribution in [0.2, 0.25) is 0 Å². The number of hydrogen-bond donors (Lipinski definition) is 1. The topological polar surface area (TPSA) is 69.7 Å². The minimum atomic E-state index is -0.318. The Labute approximate surface area is 141 Å². The highest BCUT2D eigenvalue weighted by Gasteiger charge is 2.16. The molecule has 0 aliphatic rings. The molecule has 0 fully saturated rings. The second-order valence-electron chi connectivity index (χ2n) is 4.77. The number of hydrogen-bond acceptors (Lipinski definition) is 5. The van der Waals surface area contributed by atoms with E-state index in [2.05, 4.69) is 10.3 Å². The molecule has 0 aliphatic heterocycles. The standard InChI is InChI=1S/C18H22N2O4/c1-4-22-13-9-10-16(23-5-2)15(12-13)20-17(21)14-8-7-11-19-18(14)24-6-3/h7-12H,4-6H2,1-3H3,(H,20,21). The van der Waals surface area contributed by atoms with Crippen molar-refractivity contribution in [1.82, 2.24) is 4.98 Å². The number of amides is 1. The number of anilines is 1. The van der Waals surface area contributed by atoms with Crippen molar-refractivity contribution in [2.75, 3.05) is 25.1 Å². The first-order valence-electron chi connectivity index (χ1n) is 7.98. The molecule has 1 amide bonds. The van der Waals surface area contributed by atoms with Gasteiger partial charge in [-0.3, -0.25) is 4.79 Å². The normalized spacial score (nSPS) is 10.1. The quantitative estimate of drug-likeness (QED) is 0.802. The summed E-state index contributed by atoms with van der Waals surface area (Å²) < 4.78 is 16.5. The van der Waals surface area contributed by atoms with E-state index < -0.39 is 0 Å². The Hall–Kier alpha value is -2.76. The summed E-state index contributed by atoms with van der Waals surface area (Å²) in [4.78, 5) is 16.7. The van der Waals surface area contributed by atoms with Gasteiger partial charge in [-0.25, -0.2) is 4.98 Å². The molecule has 2 aromatic rings. The lowest BCUT2D eigenvalue weighted by atomic mass is 10.2. The Morgan fingerprint density at radius 2 is 1.79 bits per heavy atom. The van der Waals surface area contributed by atoms with Crippen LogP contribution in [0.5, 0.6) is 17.4 Å². The van der Waals surface area contributed by atoms with Crippen LogP contribution in [0.25, 0.3) is 0 Å². The predicted octanol–water partition coefficient (Wildman–Crippen LogP) is 3.53. The maximum Gasteiger partial charge on any atom is 0.261 e. The number of aromatic nitrogens is 1. The Kier molecular flexibility index (Phi) is 6.42. The highest BCUT2D eigenvalue weighted by Crippen LogP contribution is 2.30.